The number of rotatable bonds is 6. The lowest BCUT2D eigenvalue weighted by Gasteiger charge is -2.17. The lowest BCUT2D eigenvalue weighted by Crippen LogP contribution is -2.18. The molecular formula is C20H22O2S2. The number of carbonyl (C=O) groups is 1. The fraction of sp³-hybridized carbons (Fsp3) is 0.450. The van der Waals surface area contributed by atoms with E-state index in [1.807, 2.05) is 19.1 Å². The fourth-order valence-corrected chi connectivity index (χ4v) is 5.54. The van der Waals surface area contributed by atoms with E-state index in [4.69, 9.17) is 5.11 Å². The van der Waals surface area contributed by atoms with Gasteiger partial charge < -0.3 is 5.11 Å². The van der Waals surface area contributed by atoms with Crippen LogP contribution in [0.1, 0.15) is 53.6 Å². The van der Waals surface area contributed by atoms with Crippen LogP contribution in [0.2, 0.25) is 0 Å². The smallest absolute Gasteiger partial charge is 0.176 e. The summed E-state index contributed by atoms with van der Waals surface area (Å²) < 4.78 is 0. The van der Waals surface area contributed by atoms with Crippen LogP contribution in [0.5, 0.6) is 0 Å². The van der Waals surface area contributed by atoms with Gasteiger partial charge in [-0.3, -0.25) is 4.79 Å². The van der Waals surface area contributed by atoms with E-state index in [9.17, 15) is 4.79 Å². The molecule has 2 atom stereocenters. The minimum atomic E-state index is 0.146. The van der Waals surface area contributed by atoms with Crippen LogP contribution in [0.15, 0.2) is 24.3 Å². The van der Waals surface area contributed by atoms with E-state index in [-0.39, 0.29) is 12.5 Å². The Morgan fingerprint density at radius 3 is 2.79 bits per heavy atom. The number of aliphatic hydroxyl groups excluding tert-OH is 1. The summed E-state index contributed by atoms with van der Waals surface area (Å²) in [4.78, 5) is 17.2. The third-order valence-electron chi connectivity index (χ3n) is 4.67. The Morgan fingerprint density at radius 2 is 2.00 bits per heavy atom. The Labute approximate surface area is 151 Å². The number of carbonyl (C=O) groups excluding carboxylic acids is 1. The summed E-state index contributed by atoms with van der Waals surface area (Å²) in [6.45, 7) is 2.07. The zero-order valence-electron chi connectivity index (χ0n) is 13.9. The molecular weight excluding hydrogens is 336 g/mol. The van der Waals surface area contributed by atoms with Crippen molar-refractivity contribution in [2.75, 3.05) is 6.61 Å². The van der Waals surface area contributed by atoms with Crippen LogP contribution in [-0.2, 0) is 0 Å². The average molecular weight is 359 g/mol. The summed E-state index contributed by atoms with van der Waals surface area (Å²) in [5.41, 5.74) is 0. The molecule has 126 valence electrons. The molecule has 0 saturated heterocycles. The Hall–Kier alpha value is -1.41. The molecule has 0 unspecified atom stereocenters. The SMILES string of the molecule is CC#Cc1ccc(-c2ccc(C(=O)[C@@H]3CCC[C@H]3CCCO)s2)s1. The fourth-order valence-electron chi connectivity index (χ4n) is 3.53. The molecule has 2 aromatic rings. The van der Waals surface area contributed by atoms with Gasteiger partial charge in [0, 0.05) is 22.3 Å². The van der Waals surface area contributed by atoms with Crippen LogP contribution in [-0.4, -0.2) is 17.5 Å². The maximum Gasteiger partial charge on any atom is 0.176 e. The second-order valence-corrected chi connectivity index (χ2v) is 8.40. The maximum atomic E-state index is 12.9. The van der Waals surface area contributed by atoms with Gasteiger partial charge in [0.2, 0.25) is 0 Å². The molecule has 24 heavy (non-hydrogen) atoms. The van der Waals surface area contributed by atoms with Crippen LogP contribution in [0, 0.1) is 23.7 Å². The van der Waals surface area contributed by atoms with E-state index < -0.39 is 0 Å². The van der Waals surface area contributed by atoms with E-state index in [1.165, 1.54) is 4.88 Å². The monoisotopic (exact) mass is 358 g/mol. The highest BCUT2D eigenvalue weighted by Crippen LogP contribution is 2.40. The summed E-state index contributed by atoms with van der Waals surface area (Å²) in [5.74, 6) is 6.90. The van der Waals surface area contributed by atoms with E-state index in [0.29, 0.717) is 11.7 Å². The van der Waals surface area contributed by atoms with Crippen molar-refractivity contribution in [2.45, 2.75) is 39.0 Å². The van der Waals surface area contributed by atoms with Gasteiger partial charge in [0.05, 0.1) is 9.75 Å². The van der Waals surface area contributed by atoms with E-state index in [2.05, 4.69) is 24.0 Å². The minimum Gasteiger partial charge on any atom is -0.396 e. The first-order chi connectivity index (χ1) is 11.7. The molecule has 0 aromatic carbocycles. The van der Waals surface area contributed by atoms with E-state index in [1.54, 1.807) is 22.7 Å². The normalized spacial score (nSPS) is 19.9. The van der Waals surface area contributed by atoms with Gasteiger partial charge in [-0.2, -0.15) is 0 Å². The summed E-state index contributed by atoms with van der Waals surface area (Å²) >= 11 is 3.28. The van der Waals surface area contributed by atoms with E-state index >= 15 is 0 Å². The van der Waals surface area contributed by atoms with Crippen molar-refractivity contribution in [2.24, 2.45) is 11.8 Å². The van der Waals surface area contributed by atoms with Gasteiger partial charge in [0.25, 0.3) is 0 Å². The Bertz CT molecular complexity index is 760. The van der Waals surface area contributed by atoms with Crippen LogP contribution >= 0.6 is 22.7 Å². The van der Waals surface area contributed by atoms with Crippen molar-refractivity contribution in [3.8, 4) is 21.6 Å². The Kier molecular flexibility index (Phi) is 5.89. The second-order valence-electron chi connectivity index (χ2n) is 6.23. The summed E-state index contributed by atoms with van der Waals surface area (Å²) in [6, 6.07) is 8.17. The molecule has 4 heteroatoms. The first-order valence-corrected chi connectivity index (χ1v) is 10.1. The predicted molar refractivity (Wildman–Crippen MR) is 102 cm³/mol. The van der Waals surface area contributed by atoms with Crippen LogP contribution < -0.4 is 0 Å². The molecule has 0 radical (unpaired) electrons. The molecule has 0 amide bonds. The molecule has 2 nitrogen and oxygen atoms in total. The number of hydrogen-bond donors (Lipinski definition) is 1. The summed E-state index contributed by atoms with van der Waals surface area (Å²) in [5, 5.41) is 9.05. The molecule has 1 saturated carbocycles. The first-order valence-electron chi connectivity index (χ1n) is 8.50. The Morgan fingerprint density at radius 1 is 1.21 bits per heavy atom. The topological polar surface area (TPSA) is 37.3 Å². The molecule has 1 aliphatic carbocycles. The molecule has 0 spiro atoms. The molecule has 0 aliphatic heterocycles. The molecule has 0 bridgehead atoms. The lowest BCUT2D eigenvalue weighted by atomic mass is 9.88. The highest BCUT2D eigenvalue weighted by Gasteiger charge is 2.33. The standard InChI is InChI=1S/C20H22O2S2/c1-2-5-15-9-10-17(23-15)18-11-12-19(24-18)20(22)16-8-3-6-14(16)7-4-13-21/h9-12,14,16,21H,3-4,6-8,13H2,1H3/t14-,16+/m0/s1. The molecule has 1 aliphatic rings. The van der Waals surface area contributed by atoms with Crippen molar-refractivity contribution in [3.05, 3.63) is 34.0 Å². The third-order valence-corrected chi connectivity index (χ3v) is 6.97. The van der Waals surface area contributed by atoms with Gasteiger partial charge in [0.15, 0.2) is 5.78 Å². The average Bonchev–Trinajstić information content (AvgIpc) is 3.32. The van der Waals surface area contributed by atoms with Gasteiger partial charge in [-0.25, -0.2) is 0 Å². The number of aliphatic hydroxyl groups is 1. The highest BCUT2D eigenvalue weighted by molar-refractivity contribution is 7.23. The summed E-state index contributed by atoms with van der Waals surface area (Å²) in [6.07, 6.45) is 5.03. The molecule has 2 aromatic heterocycles. The predicted octanol–water partition coefficient (Wildman–Crippen LogP) is 5.22. The van der Waals surface area contributed by atoms with Crippen LogP contribution in [0.4, 0.5) is 0 Å². The van der Waals surface area contributed by atoms with Crippen LogP contribution in [0.3, 0.4) is 0 Å². The maximum absolute atomic E-state index is 12.9. The van der Waals surface area contributed by atoms with Gasteiger partial charge in [-0.1, -0.05) is 12.3 Å². The lowest BCUT2D eigenvalue weighted by molar-refractivity contribution is 0.0887. The van der Waals surface area contributed by atoms with Crippen molar-refractivity contribution >= 4 is 28.5 Å². The van der Waals surface area contributed by atoms with Crippen molar-refractivity contribution < 1.29 is 9.90 Å². The van der Waals surface area contributed by atoms with Gasteiger partial charge >= 0.3 is 0 Å². The number of Topliss-reactive ketones (excluding diaryl/α,β-unsaturated/α-hetero) is 1. The highest BCUT2D eigenvalue weighted by atomic mass is 32.1. The minimum absolute atomic E-state index is 0.146. The molecule has 1 N–H and O–H groups in total. The first kappa shape index (κ1) is 17.4. The van der Waals surface area contributed by atoms with Gasteiger partial charge in [-0.05, 0) is 62.8 Å². The molecule has 3 rings (SSSR count). The molecule has 1 fully saturated rings. The van der Waals surface area contributed by atoms with Crippen molar-refractivity contribution in [1.29, 1.82) is 0 Å². The second kappa shape index (κ2) is 8.11. The van der Waals surface area contributed by atoms with E-state index in [0.717, 1.165) is 46.7 Å². The zero-order valence-corrected chi connectivity index (χ0v) is 15.5. The number of hydrogen-bond acceptors (Lipinski definition) is 4. The third kappa shape index (κ3) is 3.80. The quantitative estimate of drug-likeness (QED) is 0.568. The number of ketones is 1. The summed E-state index contributed by atoms with van der Waals surface area (Å²) in [7, 11) is 0. The zero-order chi connectivity index (χ0) is 16.9. The van der Waals surface area contributed by atoms with Crippen molar-refractivity contribution in [1.82, 2.24) is 0 Å². The van der Waals surface area contributed by atoms with Crippen molar-refractivity contribution in [3.63, 3.8) is 0 Å². The largest absolute Gasteiger partial charge is 0.396 e. The number of thiophene rings is 2. The van der Waals surface area contributed by atoms with Gasteiger partial charge in [0.1, 0.15) is 0 Å². The molecule has 2 heterocycles. The Balaban J connectivity index is 1.74. The van der Waals surface area contributed by atoms with Crippen LogP contribution in [0.25, 0.3) is 9.75 Å². The van der Waals surface area contributed by atoms with Gasteiger partial charge in [-0.15, -0.1) is 28.6 Å².